The molecule has 1 amide bonds. The number of nitrogens with one attached hydrogen (secondary N) is 1. The molecule has 86 valence electrons. The summed E-state index contributed by atoms with van der Waals surface area (Å²) in [4.78, 5) is 22.3. The van der Waals surface area contributed by atoms with Crippen molar-refractivity contribution in [2.24, 2.45) is 5.73 Å². The summed E-state index contributed by atoms with van der Waals surface area (Å²) in [7, 11) is 0. The molecule has 0 saturated heterocycles. The zero-order valence-corrected chi connectivity index (χ0v) is 8.72. The number of hydrogen-bond acceptors (Lipinski definition) is 3. The zero-order valence-electron chi connectivity index (χ0n) is 8.72. The Morgan fingerprint density at radius 3 is 2.44 bits per heavy atom. The number of rotatable bonds is 5. The normalized spacial score (nSPS) is 11.8. The van der Waals surface area contributed by atoms with Crippen LogP contribution in [0.2, 0.25) is 0 Å². The fraction of sp³-hybridized carbons (Fsp3) is 0.273. The van der Waals surface area contributed by atoms with Gasteiger partial charge in [0, 0.05) is 13.0 Å². The number of carboxylic acid groups (broad SMARTS) is 1. The molecule has 1 aromatic rings. The van der Waals surface area contributed by atoms with Crippen LogP contribution in [0.3, 0.4) is 0 Å². The summed E-state index contributed by atoms with van der Waals surface area (Å²) in [5.74, 6) is -1.45. The SMILES string of the molecule is NCCC(=O)N[C@H](C(=O)O)c1ccccc1. The van der Waals surface area contributed by atoms with Crippen molar-refractivity contribution in [3.8, 4) is 0 Å². The Bertz CT molecular complexity index is 365. The number of carbonyl (C=O) groups is 2. The maximum Gasteiger partial charge on any atom is 0.330 e. The van der Waals surface area contributed by atoms with Gasteiger partial charge in [-0.3, -0.25) is 4.79 Å². The summed E-state index contributed by atoms with van der Waals surface area (Å²) in [6.45, 7) is 0.201. The van der Waals surface area contributed by atoms with Crippen molar-refractivity contribution in [1.29, 1.82) is 0 Å². The number of hydrogen-bond donors (Lipinski definition) is 3. The van der Waals surface area contributed by atoms with Crippen LogP contribution >= 0.6 is 0 Å². The van der Waals surface area contributed by atoms with E-state index in [0.29, 0.717) is 5.56 Å². The Morgan fingerprint density at radius 2 is 1.94 bits per heavy atom. The lowest BCUT2D eigenvalue weighted by molar-refractivity contribution is -0.142. The van der Waals surface area contributed by atoms with Gasteiger partial charge < -0.3 is 16.2 Å². The highest BCUT2D eigenvalue weighted by molar-refractivity contribution is 5.84. The van der Waals surface area contributed by atoms with Crippen molar-refractivity contribution >= 4 is 11.9 Å². The lowest BCUT2D eigenvalue weighted by atomic mass is 10.1. The monoisotopic (exact) mass is 222 g/mol. The van der Waals surface area contributed by atoms with Crippen molar-refractivity contribution in [1.82, 2.24) is 5.32 Å². The van der Waals surface area contributed by atoms with E-state index in [0.717, 1.165) is 0 Å². The lowest BCUT2D eigenvalue weighted by Crippen LogP contribution is -2.34. The fourth-order valence-electron chi connectivity index (χ4n) is 1.30. The highest BCUT2D eigenvalue weighted by atomic mass is 16.4. The summed E-state index contributed by atoms with van der Waals surface area (Å²) >= 11 is 0. The van der Waals surface area contributed by atoms with E-state index in [9.17, 15) is 9.59 Å². The van der Waals surface area contributed by atoms with Gasteiger partial charge in [-0.15, -0.1) is 0 Å². The summed E-state index contributed by atoms with van der Waals surface area (Å²) in [6, 6.07) is 7.52. The van der Waals surface area contributed by atoms with Crippen LogP contribution in [-0.2, 0) is 9.59 Å². The van der Waals surface area contributed by atoms with E-state index in [-0.39, 0.29) is 18.9 Å². The van der Waals surface area contributed by atoms with E-state index in [1.165, 1.54) is 0 Å². The summed E-state index contributed by atoms with van der Waals surface area (Å²) in [5.41, 5.74) is 5.75. The Kier molecular flexibility index (Phi) is 4.47. The Balaban J connectivity index is 2.77. The van der Waals surface area contributed by atoms with Gasteiger partial charge in [0.15, 0.2) is 6.04 Å². The van der Waals surface area contributed by atoms with Crippen LogP contribution in [0.1, 0.15) is 18.0 Å². The maximum absolute atomic E-state index is 11.3. The van der Waals surface area contributed by atoms with Crippen LogP contribution in [0.4, 0.5) is 0 Å². The number of amides is 1. The molecule has 5 nitrogen and oxygen atoms in total. The van der Waals surface area contributed by atoms with Gasteiger partial charge >= 0.3 is 5.97 Å². The minimum Gasteiger partial charge on any atom is -0.479 e. The predicted molar refractivity (Wildman–Crippen MR) is 58.6 cm³/mol. The first-order chi connectivity index (χ1) is 7.65. The molecule has 5 heteroatoms. The van der Waals surface area contributed by atoms with Crippen molar-refractivity contribution in [2.75, 3.05) is 6.54 Å². The molecule has 0 saturated carbocycles. The van der Waals surface area contributed by atoms with Gasteiger partial charge in [-0.1, -0.05) is 30.3 Å². The first-order valence-electron chi connectivity index (χ1n) is 4.92. The van der Waals surface area contributed by atoms with Crippen LogP contribution < -0.4 is 11.1 Å². The first kappa shape index (κ1) is 12.2. The van der Waals surface area contributed by atoms with E-state index in [4.69, 9.17) is 10.8 Å². The molecular formula is C11H14N2O3. The Morgan fingerprint density at radius 1 is 1.31 bits per heavy atom. The summed E-state index contributed by atoms with van der Waals surface area (Å²) < 4.78 is 0. The standard InChI is InChI=1S/C11H14N2O3/c12-7-6-9(14)13-10(11(15)16)8-4-2-1-3-5-8/h1-5,10H,6-7,12H2,(H,13,14)(H,15,16)/t10-/m0/s1. The van der Waals surface area contributed by atoms with Crippen LogP contribution in [0, 0.1) is 0 Å². The zero-order chi connectivity index (χ0) is 12.0. The van der Waals surface area contributed by atoms with Crippen molar-refractivity contribution < 1.29 is 14.7 Å². The molecule has 0 spiro atoms. The van der Waals surface area contributed by atoms with Gasteiger partial charge in [0.1, 0.15) is 0 Å². The second-order valence-corrected chi connectivity index (χ2v) is 3.29. The summed E-state index contributed by atoms with van der Waals surface area (Å²) in [6.07, 6.45) is 0.122. The minimum atomic E-state index is -1.09. The molecule has 0 aromatic heterocycles. The maximum atomic E-state index is 11.3. The third kappa shape index (κ3) is 3.36. The number of carbonyl (C=O) groups excluding carboxylic acids is 1. The molecule has 16 heavy (non-hydrogen) atoms. The van der Waals surface area contributed by atoms with Crippen molar-refractivity contribution in [2.45, 2.75) is 12.5 Å². The molecule has 1 rings (SSSR count). The predicted octanol–water partition coefficient (Wildman–Crippen LogP) is 0.277. The Hall–Kier alpha value is -1.88. The second kappa shape index (κ2) is 5.87. The van der Waals surface area contributed by atoms with Gasteiger partial charge in [-0.25, -0.2) is 4.79 Å². The van der Waals surface area contributed by atoms with Crippen LogP contribution in [0.25, 0.3) is 0 Å². The largest absolute Gasteiger partial charge is 0.479 e. The molecule has 0 aliphatic carbocycles. The molecule has 0 aliphatic rings. The average Bonchev–Trinajstić information content (AvgIpc) is 2.27. The molecule has 0 bridgehead atoms. The molecule has 0 radical (unpaired) electrons. The number of aliphatic carboxylic acids is 1. The van der Waals surface area contributed by atoms with Crippen molar-refractivity contribution in [3.05, 3.63) is 35.9 Å². The fourth-order valence-corrected chi connectivity index (χ4v) is 1.30. The molecule has 0 aliphatic heterocycles. The average molecular weight is 222 g/mol. The molecule has 0 heterocycles. The van der Waals surface area contributed by atoms with E-state index in [1.807, 2.05) is 0 Å². The smallest absolute Gasteiger partial charge is 0.330 e. The molecule has 0 unspecified atom stereocenters. The summed E-state index contributed by atoms with van der Waals surface area (Å²) in [5, 5.41) is 11.4. The van der Waals surface area contributed by atoms with Gasteiger partial charge in [0.25, 0.3) is 0 Å². The van der Waals surface area contributed by atoms with E-state index in [1.54, 1.807) is 30.3 Å². The Labute approximate surface area is 93.3 Å². The van der Waals surface area contributed by atoms with Gasteiger partial charge in [-0.05, 0) is 5.56 Å². The molecule has 1 atom stereocenters. The van der Waals surface area contributed by atoms with E-state index >= 15 is 0 Å². The second-order valence-electron chi connectivity index (χ2n) is 3.29. The molecule has 4 N–H and O–H groups in total. The number of carboxylic acids is 1. The van der Waals surface area contributed by atoms with Crippen molar-refractivity contribution in [3.63, 3.8) is 0 Å². The molecular weight excluding hydrogens is 208 g/mol. The third-order valence-electron chi connectivity index (χ3n) is 2.06. The van der Waals surface area contributed by atoms with Crippen LogP contribution in [0.5, 0.6) is 0 Å². The molecule has 0 fully saturated rings. The highest BCUT2D eigenvalue weighted by Crippen LogP contribution is 2.12. The van der Waals surface area contributed by atoms with Gasteiger partial charge in [0.2, 0.25) is 5.91 Å². The van der Waals surface area contributed by atoms with E-state index in [2.05, 4.69) is 5.32 Å². The van der Waals surface area contributed by atoms with Gasteiger partial charge in [-0.2, -0.15) is 0 Å². The highest BCUT2D eigenvalue weighted by Gasteiger charge is 2.20. The number of nitrogens with two attached hydrogens (primary N) is 1. The minimum absolute atomic E-state index is 0.122. The quantitative estimate of drug-likeness (QED) is 0.667. The number of benzene rings is 1. The first-order valence-corrected chi connectivity index (χ1v) is 4.92. The topological polar surface area (TPSA) is 92.4 Å². The lowest BCUT2D eigenvalue weighted by Gasteiger charge is -2.14. The van der Waals surface area contributed by atoms with Crippen LogP contribution in [-0.4, -0.2) is 23.5 Å². The van der Waals surface area contributed by atoms with E-state index < -0.39 is 12.0 Å². The third-order valence-corrected chi connectivity index (χ3v) is 2.06. The molecule has 1 aromatic carbocycles. The van der Waals surface area contributed by atoms with Crippen LogP contribution in [0.15, 0.2) is 30.3 Å². The van der Waals surface area contributed by atoms with Gasteiger partial charge in [0.05, 0.1) is 0 Å².